The summed E-state index contributed by atoms with van der Waals surface area (Å²) in [5.74, 6) is -1.55. The Balaban J connectivity index is 4.01. The van der Waals surface area contributed by atoms with Gasteiger partial charge in [0.2, 0.25) is 0 Å². The molecule has 0 atom stereocenters. The summed E-state index contributed by atoms with van der Waals surface area (Å²) in [5, 5.41) is 17.5. The summed E-state index contributed by atoms with van der Waals surface area (Å²) >= 11 is 0. The molecule has 0 radical (unpaired) electrons. The third-order valence-corrected chi connectivity index (χ3v) is 3.08. The normalized spacial score (nSPS) is 12.1. The van der Waals surface area contributed by atoms with E-state index in [2.05, 4.69) is 0 Å². The zero-order valence-corrected chi connectivity index (χ0v) is 11.4. The molecule has 0 bridgehead atoms. The Morgan fingerprint density at radius 1 is 0.833 bits per heavy atom. The van der Waals surface area contributed by atoms with Crippen molar-refractivity contribution >= 4 is 11.9 Å². The molecule has 18 heavy (non-hydrogen) atoms. The first-order valence-electron chi connectivity index (χ1n) is 6.68. The van der Waals surface area contributed by atoms with Crippen molar-refractivity contribution in [1.29, 1.82) is 0 Å². The molecule has 4 nitrogen and oxygen atoms in total. The van der Waals surface area contributed by atoms with Crippen LogP contribution >= 0.6 is 0 Å². The Kier molecular flexibility index (Phi) is 8.97. The summed E-state index contributed by atoms with van der Waals surface area (Å²) in [6, 6.07) is 0. The monoisotopic (exact) mass is 256 g/mol. The lowest BCUT2D eigenvalue weighted by molar-refractivity contribution is -0.137. The van der Waals surface area contributed by atoms with Crippen LogP contribution in [-0.4, -0.2) is 22.2 Å². The molecule has 0 aromatic heterocycles. The van der Waals surface area contributed by atoms with Gasteiger partial charge in [0.15, 0.2) is 0 Å². The molecule has 0 aromatic carbocycles. The van der Waals surface area contributed by atoms with Crippen LogP contribution in [0.1, 0.15) is 65.2 Å². The van der Waals surface area contributed by atoms with Crippen molar-refractivity contribution in [2.24, 2.45) is 0 Å². The number of unbranched alkanes of at least 4 members (excludes halogenated alkanes) is 3. The van der Waals surface area contributed by atoms with Crippen LogP contribution in [0.25, 0.3) is 0 Å². The largest absolute Gasteiger partial charge is 0.481 e. The highest BCUT2D eigenvalue weighted by molar-refractivity contribution is 5.87. The first-order valence-corrected chi connectivity index (χ1v) is 6.68. The molecular weight excluding hydrogens is 232 g/mol. The third-order valence-electron chi connectivity index (χ3n) is 3.08. The fourth-order valence-corrected chi connectivity index (χ4v) is 2.06. The molecular formula is C14H24O4. The first-order chi connectivity index (χ1) is 8.52. The second-order valence-corrected chi connectivity index (χ2v) is 4.40. The number of carboxylic acids is 2. The molecule has 0 aliphatic carbocycles. The van der Waals surface area contributed by atoms with Gasteiger partial charge in [-0.3, -0.25) is 4.79 Å². The Labute approximate surface area is 109 Å². The summed E-state index contributed by atoms with van der Waals surface area (Å²) < 4.78 is 0. The van der Waals surface area contributed by atoms with Gasteiger partial charge in [0.1, 0.15) is 0 Å². The standard InChI is InChI=1S/C14H24O4/c1-3-11(12(4-2)14(17)18)9-7-5-6-8-10-13(15)16/h3-10H2,1-2H3,(H,15,16)(H,17,18)/b12-11+. The molecule has 0 spiro atoms. The summed E-state index contributed by atoms with van der Waals surface area (Å²) in [7, 11) is 0. The summed E-state index contributed by atoms with van der Waals surface area (Å²) in [5.41, 5.74) is 1.58. The van der Waals surface area contributed by atoms with Gasteiger partial charge in [0.25, 0.3) is 0 Å². The van der Waals surface area contributed by atoms with Gasteiger partial charge in [-0.25, -0.2) is 4.79 Å². The summed E-state index contributed by atoms with van der Waals surface area (Å²) in [6.45, 7) is 3.85. The van der Waals surface area contributed by atoms with E-state index in [-0.39, 0.29) is 6.42 Å². The van der Waals surface area contributed by atoms with Gasteiger partial charge < -0.3 is 10.2 Å². The Bertz CT molecular complexity index is 305. The van der Waals surface area contributed by atoms with Crippen molar-refractivity contribution in [2.45, 2.75) is 65.2 Å². The molecule has 0 saturated heterocycles. The van der Waals surface area contributed by atoms with Crippen LogP contribution < -0.4 is 0 Å². The zero-order valence-electron chi connectivity index (χ0n) is 11.4. The number of allylic oxidation sites excluding steroid dienone is 1. The van der Waals surface area contributed by atoms with Crippen molar-refractivity contribution in [3.05, 3.63) is 11.1 Å². The Hall–Kier alpha value is -1.32. The van der Waals surface area contributed by atoms with Crippen LogP contribution in [0, 0.1) is 0 Å². The van der Waals surface area contributed by atoms with E-state index in [0.29, 0.717) is 18.4 Å². The lowest BCUT2D eigenvalue weighted by Crippen LogP contribution is -2.04. The van der Waals surface area contributed by atoms with E-state index >= 15 is 0 Å². The highest BCUT2D eigenvalue weighted by atomic mass is 16.4. The highest BCUT2D eigenvalue weighted by Crippen LogP contribution is 2.20. The maximum absolute atomic E-state index is 11.0. The van der Waals surface area contributed by atoms with E-state index in [9.17, 15) is 9.59 Å². The summed E-state index contributed by atoms with van der Waals surface area (Å²) in [6.07, 6.45) is 5.91. The van der Waals surface area contributed by atoms with E-state index in [1.165, 1.54) is 0 Å². The van der Waals surface area contributed by atoms with Crippen LogP contribution in [0.4, 0.5) is 0 Å². The lowest BCUT2D eigenvalue weighted by atomic mass is 9.97. The smallest absolute Gasteiger partial charge is 0.331 e. The summed E-state index contributed by atoms with van der Waals surface area (Å²) in [4.78, 5) is 21.3. The van der Waals surface area contributed by atoms with E-state index in [1.54, 1.807) is 0 Å². The van der Waals surface area contributed by atoms with Crippen molar-refractivity contribution in [1.82, 2.24) is 0 Å². The molecule has 0 unspecified atom stereocenters. The predicted octanol–water partition coefficient (Wildman–Crippen LogP) is 3.61. The highest BCUT2D eigenvalue weighted by Gasteiger charge is 2.10. The lowest BCUT2D eigenvalue weighted by Gasteiger charge is -2.09. The van der Waals surface area contributed by atoms with Crippen LogP contribution in [0.3, 0.4) is 0 Å². The average Bonchev–Trinajstić information content (AvgIpc) is 2.31. The fourth-order valence-electron chi connectivity index (χ4n) is 2.06. The molecule has 0 aliphatic heterocycles. The number of aliphatic carboxylic acids is 2. The fraction of sp³-hybridized carbons (Fsp3) is 0.714. The van der Waals surface area contributed by atoms with Crippen LogP contribution in [0.15, 0.2) is 11.1 Å². The minimum atomic E-state index is -0.805. The van der Waals surface area contributed by atoms with Crippen LogP contribution in [-0.2, 0) is 9.59 Å². The van der Waals surface area contributed by atoms with Gasteiger partial charge in [0.05, 0.1) is 0 Å². The number of carbonyl (C=O) groups is 2. The maximum Gasteiger partial charge on any atom is 0.331 e. The molecule has 0 aliphatic rings. The molecule has 4 heteroatoms. The Morgan fingerprint density at radius 3 is 1.78 bits per heavy atom. The van der Waals surface area contributed by atoms with E-state index < -0.39 is 11.9 Å². The molecule has 104 valence electrons. The van der Waals surface area contributed by atoms with Crippen molar-refractivity contribution in [2.75, 3.05) is 0 Å². The SMILES string of the molecule is CC/C(CCCCCCC(=O)O)=C(/CC)C(=O)O. The van der Waals surface area contributed by atoms with Gasteiger partial charge in [-0.1, -0.05) is 32.3 Å². The van der Waals surface area contributed by atoms with Gasteiger partial charge >= 0.3 is 11.9 Å². The number of hydrogen-bond acceptors (Lipinski definition) is 2. The number of rotatable bonds is 10. The van der Waals surface area contributed by atoms with Gasteiger partial charge in [-0.2, -0.15) is 0 Å². The van der Waals surface area contributed by atoms with Crippen molar-refractivity contribution < 1.29 is 19.8 Å². The molecule has 0 fully saturated rings. The zero-order chi connectivity index (χ0) is 14.0. The molecule has 0 heterocycles. The van der Waals surface area contributed by atoms with E-state index in [1.807, 2.05) is 13.8 Å². The first kappa shape index (κ1) is 16.7. The second-order valence-electron chi connectivity index (χ2n) is 4.40. The molecule has 0 rings (SSSR count). The predicted molar refractivity (Wildman–Crippen MR) is 70.6 cm³/mol. The van der Waals surface area contributed by atoms with Crippen molar-refractivity contribution in [3.63, 3.8) is 0 Å². The Morgan fingerprint density at radius 2 is 1.39 bits per heavy atom. The quantitative estimate of drug-likeness (QED) is 0.462. The average molecular weight is 256 g/mol. The van der Waals surface area contributed by atoms with Crippen molar-refractivity contribution in [3.8, 4) is 0 Å². The third kappa shape index (κ3) is 7.09. The topological polar surface area (TPSA) is 74.6 Å². The van der Waals surface area contributed by atoms with Crippen LogP contribution in [0.5, 0.6) is 0 Å². The number of carboxylic acid groups (broad SMARTS) is 2. The van der Waals surface area contributed by atoms with Gasteiger partial charge in [-0.05, 0) is 32.1 Å². The maximum atomic E-state index is 11.0. The van der Waals surface area contributed by atoms with E-state index in [0.717, 1.165) is 37.7 Å². The van der Waals surface area contributed by atoms with Crippen LogP contribution in [0.2, 0.25) is 0 Å². The molecule has 2 N–H and O–H groups in total. The minimum absolute atomic E-state index is 0.228. The minimum Gasteiger partial charge on any atom is -0.481 e. The molecule has 0 amide bonds. The molecule has 0 saturated carbocycles. The number of hydrogen-bond donors (Lipinski definition) is 2. The van der Waals surface area contributed by atoms with Gasteiger partial charge in [-0.15, -0.1) is 0 Å². The molecule has 0 aromatic rings. The van der Waals surface area contributed by atoms with Gasteiger partial charge in [0, 0.05) is 12.0 Å². The second kappa shape index (κ2) is 9.68. The van der Waals surface area contributed by atoms with E-state index in [4.69, 9.17) is 10.2 Å².